The van der Waals surface area contributed by atoms with E-state index in [9.17, 15) is 4.79 Å². The van der Waals surface area contributed by atoms with Crippen LogP contribution in [0.15, 0.2) is 29.3 Å². The van der Waals surface area contributed by atoms with Crippen molar-refractivity contribution in [1.29, 1.82) is 0 Å². The average Bonchev–Trinajstić information content (AvgIpc) is 2.68. The summed E-state index contributed by atoms with van der Waals surface area (Å²) >= 11 is 0. The number of benzene rings is 1. The lowest BCUT2D eigenvalue weighted by Crippen LogP contribution is -2.48. The van der Waals surface area contributed by atoms with Gasteiger partial charge in [-0.2, -0.15) is 0 Å². The number of carbonyl (C=O) groups excluding carboxylic acids is 1. The van der Waals surface area contributed by atoms with Crippen LogP contribution in [0.25, 0.3) is 0 Å². The molecule has 0 saturated carbocycles. The van der Waals surface area contributed by atoms with E-state index in [1.54, 1.807) is 0 Å². The maximum Gasteiger partial charge on any atom is 0.254 e. The van der Waals surface area contributed by atoms with Crippen molar-refractivity contribution in [2.24, 2.45) is 4.99 Å². The molecule has 29 heavy (non-hydrogen) atoms. The van der Waals surface area contributed by atoms with Crippen LogP contribution in [0.3, 0.4) is 0 Å². The quantitative estimate of drug-likeness (QED) is 0.341. The lowest BCUT2D eigenvalue weighted by Gasteiger charge is -2.35. The zero-order valence-corrected chi connectivity index (χ0v) is 20.8. The number of nitrogens with one attached hydrogen (secondary N) is 1. The Morgan fingerprint density at radius 1 is 1.21 bits per heavy atom. The summed E-state index contributed by atoms with van der Waals surface area (Å²) in [6.07, 6.45) is 2.47. The summed E-state index contributed by atoms with van der Waals surface area (Å²) in [5.41, 5.74) is 1.82. The Balaban J connectivity index is 0.00000420. The normalized spacial score (nSPS) is 19.5. The van der Waals surface area contributed by atoms with Crippen molar-refractivity contribution in [3.63, 3.8) is 0 Å². The van der Waals surface area contributed by atoms with Crippen LogP contribution in [0, 0.1) is 0 Å². The highest BCUT2D eigenvalue weighted by Gasteiger charge is 2.26. The number of guanidine groups is 1. The molecule has 1 aromatic carbocycles. The third kappa shape index (κ3) is 8.12. The maximum atomic E-state index is 12.8. The van der Waals surface area contributed by atoms with Gasteiger partial charge in [-0.05, 0) is 44.9 Å². The third-order valence-electron chi connectivity index (χ3n) is 4.86. The standard InChI is InChI=1S/C22H36N4O2.HI/c1-6-8-13-25(5)22(23-7-2)24-14-19-9-11-20(12-10-19)21(27)26-15-17(3)28-18(4)16-26;/h9-12,17-18H,6-8,13-16H2,1-5H3,(H,23,24);1H. The average molecular weight is 516 g/mol. The number of ether oxygens (including phenoxy) is 1. The van der Waals surface area contributed by atoms with Crippen molar-refractivity contribution in [2.45, 2.75) is 59.3 Å². The first kappa shape index (κ1) is 25.7. The molecule has 1 fully saturated rings. The molecular formula is C22H37IN4O2. The fraction of sp³-hybridized carbons (Fsp3) is 0.636. The second-order valence-corrected chi connectivity index (χ2v) is 7.61. The number of rotatable bonds is 7. The predicted octanol–water partition coefficient (Wildman–Crippen LogP) is 3.75. The zero-order valence-electron chi connectivity index (χ0n) is 18.5. The van der Waals surface area contributed by atoms with E-state index >= 15 is 0 Å². The number of halogens is 1. The molecule has 2 rings (SSSR count). The first-order valence-electron chi connectivity index (χ1n) is 10.5. The van der Waals surface area contributed by atoms with Crippen molar-refractivity contribution in [3.8, 4) is 0 Å². The topological polar surface area (TPSA) is 57.2 Å². The van der Waals surface area contributed by atoms with Crippen LogP contribution >= 0.6 is 24.0 Å². The van der Waals surface area contributed by atoms with Gasteiger partial charge < -0.3 is 19.9 Å². The van der Waals surface area contributed by atoms with Gasteiger partial charge >= 0.3 is 0 Å². The number of hydrogen-bond donors (Lipinski definition) is 1. The largest absolute Gasteiger partial charge is 0.372 e. The van der Waals surface area contributed by atoms with Crippen molar-refractivity contribution < 1.29 is 9.53 Å². The molecular weight excluding hydrogens is 479 g/mol. The summed E-state index contributed by atoms with van der Waals surface area (Å²) < 4.78 is 5.72. The first-order chi connectivity index (χ1) is 13.4. The van der Waals surface area contributed by atoms with Crippen LogP contribution in [0.2, 0.25) is 0 Å². The van der Waals surface area contributed by atoms with Crippen LogP contribution in [-0.4, -0.2) is 67.1 Å². The van der Waals surface area contributed by atoms with Crippen LogP contribution in [-0.2, 0) is 11.3 Å². The van der Waals surface area contributed by atoms with E-state index in [2.05, 4.69) is 31.1 Å². The highest BCUT2D eigenvalue weighted by atomic mass is 127. The Labute approximate surface area is 193 Å². The van der Waals surface area contributed by atoms with Crippen molar-refractivity contribution in [1.82, 2.24) is 15.1 Å². The van der Waals surface area contributed by atoms with E-state index < -0.39 is 0 Å². The molecule has 0 aromatic heterocycles. The zero-order chi connectivity index (χ0) is 20.5. The van der Waals surface area contributed by atoms with E-state index in [0.29, 0.717) is 19.6 Å². The fourth-order valence-corrected chi connectivity index (χ4v) is 3.42. The Bertz CT molecular complexity index is 641. The molecule has 0 aliphatic carbocycles. The Kier molecular flexibility index (Phi) is 11.6. The molecule has 1 heterocycles. The number of carbonyl (C=O) groups is 1. The first-order valence-corrected chi connectivity index (χ1v) is 10.5. The van der Waals surface area contributed by atoms with Gasteiger partial charge in [-0.25, -0.2) is 4.99 Å². The lowest BCUT2D eigenvalue weighted by atomic mass is 10.1. The second kappa shape index (κ2) is 13.1. The van der Waals surface area contributed by atoms with Gasteiger partial charge in [-0.3, -0.25) is 4.79 Å². The monoisotopic (exact) mass is 516 g/mol. The molecule has 2 unspecified atom stereocenters. The Morgan fingerprint density at radius 2 is 1.83 bits per heavy atom. The van der Waals surface area contributed by atoms with Gasteiger partial charge in [0.15, 0.2) is 5.96 Å². The van der Waals surface area contributed by atoms with Crippen LogP contribution in [0.4, 0.5) is 0 Å². The molecule has 1 amide bonds. The van der Waals surface area contributed by atoms with Gasteiger partial charge in [0.1, 0.15) is 0 Å². The molecule has 1 aliphatic rings. The molecule has 0 spiro atoms. The number of hydrogen-bond acceptors (Lipinski definition) is 3. The van der Waals surface area contributed by atoms with Gasteiger partial charge in [0.2, 0.25) is 0 Å². The number of morpholine rings is 1. The molecule has 1 saturated heterocycles. The molecule has 7 heteroatoms. The summed E-state index contributed by atoms with van der Waals surface area (Å²) in [6.45, 7) is 12.0. The Morgan fingerprint density at radius 3 is 2.38 bits per heavy atom. The summed E-state index contributed by atoms with van der Waals surface area (Å²) in [5, 5.41) is 3.35. The Hall–Kier alpha value is -1.35. The minimum Gasteiger partial charge on any atom is -0.372 e. The van der Waals surface area contributed by atoms with Crippen molar-refractivity contribution >= 4 is 35.8 Å². The van der Waals surface area contributed by atoms with Crippen molar-refractivity contribution in [3.05, 3.63) is 35.4 Å². The maximum absolute atomic E-state index is 12.8. The molecule has 1 aromatic rings. The van der Waals surface area contributed by atoms with Gasteiger partial charge in [-0.15, -0.1) is 24.0 Å². The van der Waals surface area contributed by atoms with E-state index in [1.807, 2.05) is 43.0 Å². The van der Waals surface area contributed by atoms with E-state index in [-0.39, 0.29) is 42.1 Å². The summed E-state index contributed by atoms with van der Waals surface area (Å²) in [5.74, 6) is 0.997. The molecule has 1 aliphatic heterocycles. The SMILES string of the molecule is CCCCN(C)C(=NCc1ccc(C(=O)N2CC(C)OC(C)C2)cc1)NCC.I. The van der Waals surface area contributed by atoms with Crippen molar-refractivity contribution in [2.75, 3.05) is 33.2 Å². The highest BCUT2D eigenvalue weighted by Crippen LogP contribution is 2.15. The predicted molar refractivity (Wildman–Crippen MR) is 130 cm³/mol. The summed E-state index contributed by atoms with van der Waals surface area (Å²) in [4.78, 5) is 21.6. The fourth-order valence-electron chi connectivity index (χ4n) is 3.42. The van der Waals surface area contributed by atoms with Gasteiger partial charge in [0.25, 0.3) is 5.91 Å². The second-order valence-electron chi connectivity index (χ2n) is 7.61. The third-order valence-corrected chi connectivity index (χ3v) is 4.86. The molecule has 1 N–H and O–H groups in total. The lowest BCUT2D eigenvalue weighted by molar-refractivity contribution is -0.0586. The van der Waals surface area contributed by atoms with Crippen LogP contribution < -0.4 is 5.32 Å². The number of amides is 1. The number of unbranched alkanes of at least 4 members (excludes halogenated alkanes) is 1. The van der Waals surface area contributed by atoms with E-state index in [0.717, 1.165) is 36.6 Å². The molecule has 0 bridgehead atoms. The van der Waals surface area contributed by atoms with Gasteiger partial charge in [0.05, 0.1) is 18.8 Å². The minimum atomic E-state index is 0. The van der Waals surface area contributed by atoms with E-state index in [1.165, 1.54) is 6.42 Å². The molecule has 6 nitrogen and oxygen atoms in total. The summed E-state index contributed by atoms with van der Waals surface area (Å²) in [7, 11) is 2.07. The highest BCUT2D eigenvalue weighted by molar-refractivity contribution is 14.0. The van der Waals surface area contributed by atoms with Crippen LogP contribution in [0.1, 0.15) is 56.5 Å². The minimum absolute atomic E-state index is 0. The summed E-state index contributed by atoms with van der Waals surface area (Å²) in [6, 6.07) is 7.82. The molecule has 164 valence electrons. The smallest absolute Gasteiger partial charge is 0.254 e. The number of nitrogens with zero attached hydrogens (tertiary/aromatic N) is 3. The van der Waals surface area contributed by atoms with E-state index in [4.69, 9.17) is 9.73 Å². The van der Waals surface area contributed by atoms with Gasteiger partial charge in [-0.1, -0.05) is 25.5 Å². The van der Waals surface area contributed by atoms with Gasteiger partial charge in [0, 0.05) is 38.8 Å². The number of aliphatic imine (C=N–C) groups is 1. The molecule has 2 atom stereocenters. The van der Waals surface area contributed by atoms with Crippen LogP contribution in [0.5, 0.6) is 0 Å². The molecule has 0 radical (unpaired) electrons.